The average molecular weight is 357 g/mol. The highest BCUT2D eigenvalue weighted by Gasteiger charge is 2.00. The first-order valence-corrected chi connectivity index (χ1v) is 7.44. The van der Waals surface area contributed by atoms with Gasteiger partial charge in [0, 0.05) is 10.7 Å². The molecule has 4 nitrogen and oxygen atoms in total. The van der Waals surface area contributed by atoms with E-state index in [1.54, 1.807) is 36.4 Å². The highest BCUT2D eigenvalue weighted by Crippen LogP contribution is 2.21. The number of amides is 1. The Bertz CT molecular complexity index is 704. The zero-order valence-electron chi connectivity index (χ0n) is 11.3. The van der Waals surface area contributed by atoms with Gasteiger partial charge in [-0.15, -0.1) is 0 Å². The third-order valence-electron chi connectivity index (χ3n) is 2.62. The van der Waals surface area contributed by atoms with Gasteiger partial charge in [-0.05, 0) is 35.9 Å². The monoisotopic (exact) mass is 355 g/mol. The zero-order chi connectivity index (χ0) is 15.9. The summed E-state index contributed by atoms with van der Waals surface area (Å²) in [6.07, 6.45) is 1.49. The van der Waals surface area contributed by atoms with Gasteiger partial charge >= 0.3 is 0 Å². The van der Waals surface area contributed by atoms with Crippen LogP contribution in [0, 0.1) is 0 Å². The van der Waals surface area contributed by atoms with Crippen LogP contribution in [0.1, 0.15) is 5.56 Å². The molecule has 1 amide bonds. The molecule has 0 fully saturated rings. The van der Waals surface area contributed by atoms with E-state index in [-0.39, 0.29) is 12.5 Å². The molecule has 2 rings (SSSR count). The van der Waals surface area contributed by atoms with Crippen LogP contribution in [-0.2, 0) is 4.79 Å². The van der Waals surface area contributed by atoms with E-state index in [2.05, 4.69) is 15.8 Å². The molecule has 0 aromatic heterocycles. The average Bonchev–Trinajstić information content (AvgIpc) is 2.49. The Balaban J connectivity index is 1.82. The minimum atomic E-state index is -0.281. The van der Waals surface area contributed by atoms with E-state index in [0.717, 1.165) is 11.3 Å². The molecule has 0 saturated carbocycles. The zero-order valence-corrected chi connectivity index (χ0v) is 13.6. The Morgan fingerprint density at radius 2 is 1.91 bits per heavy atom. The van der Waals surface area contributed by atoms with Crippen LogP contribution in [-0.4, -0.2) is 18.7 Å². The topological polar surface area (TPSA) is 53.5 Å². The SMILES string of the molecule is O=C(CNc1cccc(Cl)c1)N/N=C\c1ccc(Cl)c(Cl)c1. The van der Waals surface area contributed by atoms with Gasteiger partial charge in [-0.25, -0.2) is 5.43 Å². The second-order valence-corrected chi connectivity index (χ2v) is 5.58. The van der Waals surface area contributed by atoms with E-state index in [0.29, 0.717) is 15.1 Å². The first kappa shape index (κ1) is 16.6. The first-order chi connectivity index (χ1) is 10.5. The van der Waals surface area contributed by atoms with E-state index in [9.17, 15) is 4.79 Å². The molecule has 0 heterocycles. The lowest BCUT2D eigenvalue weighted by atomic mass is 10.2. The number of hydrogen-bond acceptors (Lipinski definition) is 3. The molecule has 7 heteroatoms. The van der Waals surface area contributed by atoms with Gasteiger partial charge in [0.15, 0.2) is 0 Å². The van der Waals surface area contributed by atoms with Gasteiger partial charge in [-0.3, -0.25) is 4.79 Å². The minimum absolute atomic E-state index is 0.0824. The Morgan fingerprint density at radius 1 is 1.09 bits per heavy atom. The number of rotatable bonds is 5. The summed E-state index contributed by atoms with van der Waals surface area (Å²) in [5, 5.41) is 8.29. The highest BCUT2D eigenvalue weighted by molar-refractivity contribution is 6.42. The summed E-state index contributed by atoms with van der Waals surface area (Å²) < 4.78 is 0. The van der Waals surface area contributed by atoms with Crippen LogP contribution in [0.2, 0.25) is 15.1 Å². The highest BCUT2D eigenvalue weighted by atomic mass is 35.5. The Labute approximate surface area is 143 Å². The molecule has 22 heavy (non-hydrogen) atoms. The maximum absolute atomic E-state index is 11.6. The largest absolute Gasteiger partial charge is 0.376 e. The molecule has 0 spiro atoms. The first-order valence-electron chi connectivity index (χ1n) is 6.31. The molecule has 0 unspecified atom stereocenters. The van der Waals surface area contributed by atoms with Gasteiger partial charge in [0.25, 0.3) is 5.91 Å². The fourth-order valence-corrected chi connectivity index (χ4v) is 2.09. The van der Waals surface area contributed by atoms with E-state index in [1.807, 2.05) is 6.07 Å². The number of carbonyl (C=O) groups is 1. The van der Waals surface area contributed by atoms with Crippen molar-refractivity contribution in [1.29, 1.82) is 0 Å². The third-order valence-corrected chi connectivity index (χ3v) is 3.60. The number of benzene rings is 2. The third kappa shape index (κ3) is 5.22. The lowest BCUT2D eigenvalue weighted by Gasteiger charge is -2.05. The normalized spacial score (nSPS) is 10.7. The second-order valence-electron chi connectivity index (χ2n) is 4.33. The van der Waals surface area contributed by atoms with Crippen LogP contribution in [0.3, 0.4) is 0 Å². The van der Waals surface area contributed by atoms with Crippen molar-refractivity contribution in [3.8, 4) is 0 Å². The van der Waals surface area contributed by atoms with Crippen molar-refractivity contribution in [3.05, 3.63) is 63.1 Å². The van der Waals surface area contributed by atoms with Crippen molar-refractivity contribution in [2.24, 2.45) is 5.10 Å². The predicted molar refractivity (Wildman–Crippen MR) is 92.1 cm³/mol. The van der Waals surface area contributed by atoms with E-state index in [4.69, 9.17) is 34.8 Å². The smallest absolute Gasteiger partial charge is 0.259 e. The Hall–Kier alpha value is -1.75. The van der Waals surface area contributed by atoms with Crippen molar-refractivity contribution in [2.45, 2.75) is 0 Å². The number of anilines is 1. The molecular weight excluding hydrogens is 345 g/mol. The maximum atomic E-state index is 11.6. The fraction of sp³-hybridized carbons (Fsp3) is 0.0667. The van der Waals surface area contributed by atoms with Gasteiger partial charge < -0.3 is 5.32 Å². The number of nitrogens with one attached hydrogen (secondary N) is 2. The lowest BCUT2D eigenvalue weighted by molar-refractivity contribution is -0.119. The van der Waals surface area contributed by atoms with Crippen LogP contribution in [0.5, 0.6) is 0 Å². The van der Waals surface area contributed by atoms with Crippen molar-refractivity contribution < 1.29 is 4.79 Å². The predicted octanol–water partition coefficient (Wildman–Crippen LogP) is 4.21. The quantitative estimate of drug-likeness (QED) is 0.623. The molecule has 0 saturated heterocycles. The number of carbonyl (C=O) groups excluding carboxylic acids is 1. The summed E-state index contributed by atoms with van der Waals surface area (Å²) in [5.41, 5.74) is 3.90. The summed E-state index contributed by atoms with van der Waals surface area (Å²) in [4.78, 5) is 11.6. The van der Waals surface area contributed by atoms with Crippen molar-refractivity contribution in [1.82, 2.24) is 5.43 Å². The van der Waals surface area contributed by atoms with E-state index < -0.39 is 0 Å². The molecule has 2 N–H and O–H groups in total. The van der Waals surface area contributed by atoms with Gasteiger partial charge in [-0.1, -0.05) is 46.9 Å². The van der Waals surface area contributed by atoms with Crippen LogP contribution in [0.15, 0.2) is 47.6 Å². The van der Waals surface area contributed by atoms with Gasteiger partial charge in [0.2, 0.25) is 0 Å². The van der Waals surface area contributed by atoms with Crippen molar-refractivity contribution in [2.75, 3.05) is 11.9 Å². The van der Waals surface area contributed by atoms with Crippen LogP contribution in [0.25, 0.3) is 0 Å². The second kappa shape index (κ2) is 8.03. The van der Waals surface area contributed by atoms with Crippen molar-refractivity contribution in [3.63, 3.8) is 0 Å². The van der Waals surface area contributed by atoms with Gasteiger partial charge in [0.1, 0.15) is 0 Å². The van der Waals surface area contributed by atoms with Crippen LogP contribution < -0.4 is 10.7 Å². The molecule has 2 aromatic carbocycles. The molecular formula is C15H12Cl3N3O. The fourth-order valence-electron chi connectivity index (χ4n) is 1.59. The summed E-state index contributed by atoms with van der Waals surface area (Å²) in [6, 6.07) is 12.2. The molecule has 0 atom stereocenters. The van der Waals surface area contributed by atoms with Gasteiger partial charge in [-0.2, -0.15) is 5.10 Å². The molecule has 0 aliphatic rings. The molecule has 0 aliphatic heterocycles. The Morgan fingerprint density at radius 3 is 2.64 bits per heavy atom. The maximum Gasteiger partial charge on any atom is 0.259 e. The summed E-state index contributed by atoms with van der Waals surface area (Å²) >= 11 is 17.5. The number of nitrogens with zero attached hydrogens (tertiary/aromatic N) is 1. The number of hydrogen-bond donors (Lipinski definition) is 2. The summed E-state index contributed by atoms with van der Waals surface area (Å²) in [6.45, 7) is 0.0824. The molecule has 2 aromatic rings. The molecule has 0 aliphatic carbocycles. The standard InChI is InChI=1S/C15H12Cl3N3O/c16-11-2-1-3-12(7-11)19-9-15(22)21-20-8-10-4-5-13(17)14(18)6-10/h1-8,19H,9H2,(H,21,22)/b20-8-. The number of halogens is 3. The van der Waals surface area contributed by atoms with Crippen LogP contribution >= 0.6 is 34.8 Å². The van der Waals surface area contributed by atoms with Crippen molar-refractivity contribution >= 4 is 52.6 Å². The lowest BCUT2D eigenvalue weighted by Crippen LogP contribution is -2.25. The van der Waals surface area contributed by atoms with E-state index in [1.165, 1.54) is 6.21 Å². The summed E-state index contributed by atoms with van der Waals surface area (Å²) in [7, 11) is 0. The molecule has 0 radical (unpaired) electrons. The Kier molecular flexibility index (Phi) is 6.07. The minimum Gasteiger partial charge on any atom is -0.376 e. The van der Waals surface area contributed by atoms with Gasteiger partial charge in [0.05, 0.1) is 22.8 Å². The number of hydrazone groups is 1. The van der Waals surface area contributed by atoms with Crippen LogP contribution in [0.4, 0.5) is 5.69 Å². The molecule has 0 bridgehead atoms. The summed E-state index contributed by atoms with van der Waals surface area (Å²) in [5.74, 6) is -0.281. The molecule has 114 valence electrons. The van der Waals surface area contributed by atoms with E-state index >= 15 is 0 Å².